The second kappa shape index (κ2) is 6.13. The summed E-state index contributed by atoms with van der Waals surface area (Å²) in [7, 11) is 2.13. The van der Waals surface area contributed by atoms with Crippen LogP contribution in [0.25, 0.3) is 0 Å². The highest BCUT2D eigenvalue weighted by Gasteiger charge is 2.25. The van der Waals surface area contributed by atoms with Gasteiger partial charge in [0.25, 0.3) is 0 Å². The SMILES string of the molecule is Cc1cc(N(C)C2CCCC(C)C2)c([C@H](C)N)cc1F. The molecule has 1 saturated carbocycles. The van der Waals surface area contributed by atoms with Gasteiger partial charge in [-0.15, -0.1) is 0 Å². The molecule has 1 aliphatic carbocycles. The lowest BCUT2D eigenvalue weighted by Gasteiger charge is -2.37. The maximum Gasteiger partial charge on any atom is 0.126 e. The van der Waals surface area contributed by atoms with Crippen molar-refractivity contribution >= 4 is 5.69 Å². The van der Waals surface area contributed by atoms with Crippen LogP contribution in [0.4, 0.5) is 10.1 Å². The van der Waals surface area contributed by atoms with Crippen LogP contribution in [-0.4, -0.2) is 13.1 Å². The maximum absolute atomic E-state index is 13.8. The second-order valence-corrected chi connectivity index (χ2v) is 6.49. The van der Waals surface area contributed by atoms with E-state index in [0.29, 0.717) is 11.6 Å². The summed E-state index contributed by atoms with van der Waals surface area (Å²) in [5, 5.41) is 0. The molecular weight excluding hydrogens is 251 g/mol. The fraction of sp³-hybridized carbons (Fsp3) is 0.647. The van der Waals surface area contributed by atoms with Gasteiger partial charge in [-0.3, -0.25) is 0 Å². The lowest BCUT2D eigenvalue weighted by atomic mass is 9.86. The number of hydrogen-bond acceptors (Lipinski definition) is 2. The Morgan fingerprint density at radius 3 is 2.65 bits per heavy atom. The van der Waals surface area contributed by atoms with E-state index in [1.54, 1.807) is 6.07 Å². The van der Waals surface area contributed by atoms with Crippen molar-refractivity contribution in [3.63, 3.8) is 0 Å². The maximum atomic E-state index is 13.8. The summed E-state index contributed by atoms with van der Waals surface area (Å²) in [6, 6.07) is 3.95. The Balaban J connectivity index is 2.32. The van der Waals surface area contributed by atoms with E-state index in [-0.39, 0.29) is 11.9 Å². The number of rotatable bonds is 3. The molecule has 2 N–H and O–H groups in total. The second-order valence-electron chi connectivity index (χ2n) is 6.49. The molecule has 1 aromatic rings. The lowest BCUT2D eigenvalue weighted by Crippen LogP contribution is -2.36. The van der Waals surface area contributed by atoms with Gasteiger partial charge in [0.2, 0.25) is 0 Å². The first kappa shape index (κ1) is 15.3. The highest BCUT2D eigenvalue weighted by Crippen LogP contribution is 2.34. The summed E-state index contributed by atoms with van der Waals surface area (Å²) in [6.07, 6.45) is 5.04. The third-order valence-corrected chi connectivity index (χ3v) is 4.63. The fourth-order valence-corrected chi connectivity index (χ4v) is 3.30. The molecule has 0 saturated heterocycles. The van der Waals surface area contributed by atoms with Crippen LogP contribution in [0, 0.1) is 18.7 Å². The molecule has 2 nitrogen and oxygen atoms in total. The van der Waals surface area contributed by atoms with Crippen LogP contribution in [-0.2, 0) is 0 Å². The van der Waals surface area contributed by atoms with Crippen LogP contribution in [0.15, 0.2) is 12.1 Å². The molecule has 1 aromatic carbocycles. The van der Waals surface area contributed by atoms with Crippen molar-refractivity contribution in [2.45, 2.75) is 58.5 Å². The molecule has 0 spiro atoms. The molecule has 0 radical (unpaired) electrons. The van der Waals surface area contributed by atoms with Crippen LogP contribution in [0.5, 0.6) is 0 Å². The highest BCUT2D eigenvalue weighted by molar-refractivity contribution is 5.57. The summed E-state index contributed by atoms with van der Waals surface area (Å²) < 4.78 is 13.8. The largest absolute Gasteiger partial charge is 0.371 e. The van der Waals surface area contributed by atoms with Gasteiger partial charge in [-0.25, -0.2) is 4.39 Å². The van der Waals surface area contributed by atoms with Crippen molar-refractivity contribution < 1.29 is 4.39 Å². The van der Waals surface area contributed by atoms with Crippen molar-refractivity contribution in [1.29, 1.82) is 0 Å². The predicted octanol–water partition coefficient (Wildman–Crippen LogP) is 4.17. The molecule has 0 amide bonds. The molecular formula is C17H27FN2. The van der Waals surface area contributed by atoms with Crippen LogP contribution in [0.1, 0.15) is 56.7 Å². The molecule has 1 fully saturated rings. The smallest absolute Gasteiger partial charge is 0.126 e. The number of hydrogen-bond donors (Lipinski definition) is 1. The Bertz CT molecular complexity index is 470. The highest BCUT2D eigenvalue weighted by atomic mass is 19.1. The van der Waals surface area contributed by atoms with Gasteiger partial charge in [-0.2, -0.15) is 0 Å². The summed E-state index contributed by atoms with van der Waals surface area (Å²) >= 11 is 0. The van der Waals surface area contributed by atoms with Gasteiger partial charge >= 0.3 is 0 Å². The minimum atomic E-state index is -0.161. The molecule has 2 rings (SSSR count). The third kappa shape index (κ3) is 3.14. The van der Waals surface area contributed by atoms with Gasteiger partial charge in [0, 0.05) is 24.8 Å². The molecule has 0 aliphatic heterocycles. The first-order valence-corrected chi connectivity index (χ1v) is 7.68. The summed E-state index contributed by atoms with van der Waals surface area (Å²) in [6.45, 7) is 6.06. The number of halogens is 1. The number of nitrogens with zero attached hydrogens (tertiary/aromatic N) is 1. The average Bonchev–Trinajstić information content (AvgIpc) is 2.40. The van der Waals surface area contributed by atoms with Crippen molar-refractivity contribution in [2.24, 2.45) is 11.7 Å². The monoisotopic (exact) mass is 278 g/mol. The van der Waals surface area contributed by atoms with E-state index in [1.807, 2.05) is 19.9 Å². The van der Waals surface area contributed by atoms with E-state index >= 15 is 0 Å². The van der Waals surface area contributed by atoms with Crippen LogP contribution in [0.3, 0.4) is 0 Å². The minimum Gasteiger partial charge on any atom is -0.371 e. The summed E-state index contributed by atoms with van der Waals surface area (Å²) in [5.41, 5.74) is 8.74. The summed E-state index contributed by atoms with van der Waals surface area (Å²) in [5.74, 6) is 0.614. The molecule has 0 heterocycles. The fourth-order valence-electron chi connectivity index (χ4n) is 3.30. The van der Waals surface area contributed by atoms with E-state index in [1.165, 1.54) is 25.7 Å². The normalized spacial score (nSPS) is 24.5. The van der Waals surface area contributed by atoms with Crippen molar-refractivity contribution in [1.82, 2.24) is 0 Å². The van der Waals surface area contributed by atoms with E-state index in [4.69, 9.17) is 5.73 Å². The topological polar surface area (TPSA) is 29.3 Å². The Morgan fingerprint density at radius 1 is 1.35 bits per heavy atom. The number of anilines is 1. The molecule has 0 bridgehead atoms. The molecule has 3 atom stereocenters. The summed E-state index contributed by atoms with van der Waals surface area (Å²) in [4.78, 5) is 2.32. The van der Waals surface area contributed by atoms with E-state index in [2.05, 4.69) is 18.9 Å². The molecule has 1 aliphatic rings. The van der Waals surface area contributed by atoms with Gasteiger partial charge in [-0.1, -0.05) is 19.8 Å². The number of nitrogens with two attached hydrogens (primary N) is 1. The zero-order valence-electron chi connectivity index (χ0n) is 13.1. The van der Waals surface area contributed by atoms with Gasteiger partial charge in [0.1, 0.15) is 5.82 Å². The van der Waals surface area contributed by atoms with E-state index in [9.17, 15) is 4.39 Å². The van der Waals surface area contributed by atoms with Crippen LogP contribution >= 0.6 is 0 Å². The third-order valence-electron chi connectivity index (χ3n) is 4.63. The van der Waals surface area contributed by atoms with E-state index < -0.39 is 0 Å². The zero-order valence-corrected chi connectivity index (χ0v) is 13.1. The van der Waals surface area contributed by atoms with E-state index in [0.717, 1.165) is 17.2 Å². The first-order chi connectivity index (χ1) is 9.40. The zero-order chi connectivity index (χ0) is 14.9. The Hall–Kier alpha value is -1.09. The number of benzene rings is 1. The molecule has 3 heteroatoms. The Morgan fingerprint density at radius 2 is 2.05 bits per heavy atom. The Kier molecular flexibility index (Phi) is 4.69. The average molecular weight is 278 g/mol. The molecule has 20 heavy (non-hydrogen) atoms. The first-order valence-electron chi connectivity index (χ1n) is 7.68. The number of aryl methyl sites for hydroxylation is 1. The van der Waals surface area contributed by atoms with Crippen molar-refractivity contribution in [2.75, 3.05) is 11.9 Å². The molecule has 112 valence electrons. The molecule has 0 aromatic heterocycles. The van der Waals surface area contributed by atoms with Crippen molar-refractivity contribution in [3.8, 4) is 0 Å². The molecule has 2 unspecified atom stereocenters. The Labute approximate surface area is 122 Å². The quantitative estimate of drug-likeness (QED) is 0.899. The van der Waals surface area contributed by atoms with Crippen molar-refractivity contribution in [3.05, 3.63) is 29.1 Å². The van der Waals surface area contributed by atoms with Crippen LogP contribution < -0.4 is 10.6 Å². The van der Waals surface area contributed by atoms with Gasteiger partial charge in [0.15, 0.2) is 0 Å². The van der Waals surface area contributed by atoms with Gasteiger partial charge in [0.05, 0.1) is 0 Å². The minimum absolute atomic E-state index is 0.149. The van der Waals surface area contributed by atoms with Crippen LogP contribution in [0.2, 0.25) is 0 Å². The standard InChI is InChI=1S/C17H27FN2/c1-11-6-5-7-14(8-11)20(4)17-9-12(2)16(18)10-15(17)13(3)19/h9-11,13-14H,5-8,19H2,1-4H3/t11?,13-,14?/m0/s1. The predicted molar refractivity (Wildman–Crippen MR) is 83.6 cm³/mol. The van der Waals surface area contributed by atoms with Gasteiger partial charge in [-0.05, 0) is 55.9 Å². The lowest BCUT2D eigenvalue weighted by molar-refractivity contribution is 0.336. The van der Waals surface area contributed by atoms with Gasteiger partial charge < -0.3 is 10.6 Å².